The molecular formula is C67H112O6. The predicted molar refractivity (Wildman–Crippen MR) is 316 cm³/mol. The van der Waals surface area contributed by atoms with E-state index in [-0.39, 0.29) is 37.5 Å². The highest BCUT2D eigenvalue weighted by molar-refractivity contribution is 5.71. The summed E-state index contributed by atoms with van der Waals surface area (Å²) >= 11 is 0. The molecule has 0 radical (unpaired) electrons. The molecule has 0 spiro atoms. The van der Waals surface area contributed by atoms with E-state index in [1.165, 1.54) is 128 Å². The molecule has 1 atom stereocenters. The number of unbranched alkanes of at least 4 members (excludes halogenated alkanes) is 25. The zero-order valence-electron chi connectivity index (χ0n) is 47.6. The van der Waals surface area contributed by atoms with Crippen molar-refractivity contribution in [2.45, 2.75) is 284 Å². The molecule has 6 nitrogen and oxygen atoms in total. The van der Waals surface area contributed by atoms with Crippen molar-refractivity contribution in [2.75, 3.05) is 13.2 Å². The summed E-state index contributed by atoms with van der Waals surface area (Å²) in [5, 5.41) is 0. The van der Waals surface area contributed by atoms with Crippen molar-refractivity contribution in [1.29, 1.82) is 0 Å². The van der Waals surface area contributed by atoms with Crippen LogP contribution in [0.1, 0.15) is 278 Å². The molecule has 0 aliphatic carbocycles. The van der Waals surface area contributed by atoms with E-state index in [0.29, 0.717) is 19.3 Å². The quantitative estimate of drug-likeness (QED) is 0.0261. The summed E-state index contributed by atoms with van der Waals surface area (Å²) < 4.78 is 16.8. The molecule has 0 bridgehead atoms. The van der Waals surface area contributed by atoms with E-state index in [9.17, 15) is 14.4 Å². The van der Waals surface area contributed by atoms with Gasteiger partial charge in [0.05, 0.1) is 0 Å². The maximum Gasteiger partial charge on any atom is 0.306 e. The molecule has 0 aliphatic rings. The maximum absolute atomic E-state index is 12.9. The molecule has 416 valence electrons. The summed E-state index contributed by atoms with van der Waals surface area (Å²) in [5.41, 5.74) is 0. The van der Waals surface area contributed by atoms with Crippen LogP contribution in [0.15, 0.2) is 109 Å². The van der Waals surface area contributed by atoms with Gasteiger partial charge in [0.15, 0.2) is 6.10 Å². The standard InChI is InChI=1S/C67H112O6/c1-4-7-10-13-16-19-22-25-27-29-31-32-33-34-36-37-39-42-45-48-51-54-57-60-66(69)72-63-64(62-71-65(68)59-56-53-50-47-44-41-24-21-18-15-12-9-6-3)73-67(70)61-58-55-52-49-46-43-40-38-35-30-28-26-23-20-17-14-11-8-5-2/h7,10,16,19,21,24-28,31-32,34,36,39,42,48,51,64H,4-6,8-9,11-15,17-18,20,22-23,29-30,33,35,37-38,40-41,43-47,49-50,52-63H2,1-3H3/b10-7-,19-16-,24-21-,27-25-,28-26-,32-31-,36-34-,42-39-,51-48-. The number of hydrogen-bond acceptors (Lipinski definition) is 6. The number of hydrogen-bond donors (Lipinski definition) is 0. The third-order valence-electron chi connectivity index (χ3n) is 12.7. The lowest BCUT2D eigenvalue weighted by Crippen LogP contribution is -2.30. The minimum Gasteiger partial charge on any atom is -0.462 e. The number of ether oxygens (including phenoxy) is 3. The SMILES string of the molecule is CC/C=C\C/C=C\C/C=C\C/C=C\C/C=C\C/C=C\C/C=C\CCCC(=O)OCC(COC(=O)CCCCCCC/C=C\CCCCCC)OC(=O)CCCCCCCCCCC/C=C\CCCCCCCC. The second-order valence-corrected chi connectivity index (χ2v) is 19.9. The summed E-state index contributed by atoms with van der Waals surface area (Å²) in [6, 6.07) is 0. The molecule has 0 aliphatic heterocycles. The Balaban J connectivity index is 4.47. The smallest absolute Gasteiger partial charge is 0.306 e. The Hall–Kier alpha value is -3.93. The zero-order chi connectivity index (χ0) is 52.9. The summed E-state index contributed by atoms with van der Waals surface area (Å²) in [4.78, 5) is 38.2. The van der Waals surface area contributed by atoms with Crippen molar-refractivity contribution in [3.05, 3.63) is 109 Å². The van der Waals surface area contributed by atoms with Crippen LogP contribution in [0.25, 0.3) is 0 Å². The van der Waals surface area contributed by atoms with E-state index < -0.39 is 6.10 Å². The van der Waals surface area contributed by atoms with Gasteiger partial charge in [-0.2, -0.15) is 0 Å². The van der Waals surface area contributed by atoms with Crippen molar-refractivity contribution in [2.24, 2.45) is 0 Å². The Kier molecular flexibility index (Phi) is 57.4. The largest absolute Gasteiger partial charge is 0.462 e. The Morgan fingerprint density at radius 2 is 0.548 bits per heavy atom. The number of carbonyl (C=O) groups excluding carboxylic acids is 3. The average Bonchev–Trinajstić information content (AvgIpc) is 3.39. The molecule has 6 heteroatoms. The summed E-state index contributed by atoms with van der Waals surface area (Å²) in [6.07, 6.45) is 82.3. The average molecular weight is 1010 g/mol. The number of rotatable bonds is 54. The molecule has 73 heavy (non-hydrogen) atoms. The van der Waals surface area contributed by atoms with Crippen molar-refractivity contribution >= 4 is 17.9 Å². The van der Waals surface area contributed by atoms with Crippen LogP contribution in [0.2, 0.25) is 0 Å². The maximum atomic E-state index is 12.9. The van der Waals surface area contributed by atoms with Crippen LogP contribution in [-0.2, 0) is 28.6 Å². The summed E-state index contributed by atoms with van der Waals surface area (Å²) in [5.74, 6) is -0.970. The van der Waals surface area contributed by atoms with E-state index >= 15 is 0 Å². The lowest BCUT2D eigenvalue weighted by molar-refractivity contribution is -0.167. The van der Waals surface area contributed by atoms with Gasteiger partial charge >= 0.3 is 17.9 Å². The third kappa shape index (κ3) is 58.8. The number of esters is 3. The minimum atomic E-state index is -0.808. The van der Waals surface area contributed by atoms with E-state index in [4.69, 9.17) is 14.2 Å². The molecule has 1 unspecified atom stereocenters. The van der Waals surface area contributed by atoms with Crippen LogP contribution in [-0.4, -0.2) is 37.2 Å². The van der Waals surface area contributed by atoms with Gasteiger partial charge in [0, 0.05) is 19.3 Å². The molecule has 0 aromatic heterocycles. The van der Waals surface area contributed by atoms with Crippen LogP contribution in [0.4, 0.5) is 0 Å². The van der Waals surface area contributed by atoms with Crippen molar-refractivity contribution < 1.29 is 28.6 Å². The van der Waals surface area contributed by atoms with Gasteiger partial charge in [0.1, 0.15) is 13.2 Å². The monoisotopic (exact) mass is 1010 g/mol. The second kappa shape index (κ2) is 60.6. The van der Waals surface area contributed by atoms with Crippen LogP contribution in [0, 0.1) is 0 Å². The van der Waals surface area contributed by atoms with E-state index in [1.807, 2.05) is 0 Å². The van der Waals surface area contributed by atoms with Crippen LogP contribution < -0.4 is 0 Å². The van der Waals surface area contributed by atoms with Crippen LogP contribution >= 0.6 is 0 Å². The van der Waals surface area contributed by atoms with Crippen LogP contribution in [0.3, 0.4) is 0 Å². The Bertz CT molecular complexity index is 1490. The van der Waals surface area contributed by atoms with Gasteiger partial charge in [-0.3, -0.25) is 14.4 Å². The molecule has 0 N–H and O–H groups in total. The molecule has 0 aromatic rings. The van der Waals surface area contributed by atoms with Crippen LogP contribution in [0.5, 0.6) is 0 Å². The topological polar surface area (TPSA) is 78.9 Å². The Morgan fingerprint density at radius 3 is 0.918 bits per heavy atom. The van der Waals surface area contributed by atoms with Gasteiger partial charge in [-0.15, -0.1) is 0 Å². The van der Waals surface area contributed by atoms with Gasteiger partial charge in [0.2, 0.25) is 0 Å². The molecule has 0 aromatic carbocycles. The van der Waals surface area contributed by atoms with E-state index in [2.05, 4.69) is 130 Å². The first-order valence-corrected chi connectivity index (χ1v) is 30.4. The lowest BCUT2D eigenvalue weighted by Gasteiger charge is -2.18. The van der Waals surface area contributed by atoms with Gasteiger partial charge in [-0.1, -0.05) is 246 Å². The lowest BCUT2D eigenvalue weighted by atomic mass is 10.1. The molecule has 0 rings (SSSR count). The van der Waals surface area contributed by atoms with Crippen molar-refractivity contribution in [3.63, 3.8) is 0 Å². The first-order chi connectivity index (χ1) is 36.0. The molecule has 0 fully saturated rings. The molecule has 0 heterocycles. The first-order valence-electron chi connectivity index (χ1n) is 30.4. The fourth-order valence-electron chi connectivity index (χ4n) is 8.19. The zero-order valence-corrected chi connectivity index (χ0v) is 47.6. The minimum absolute atomic E-state index is 0.102. The molecule has 0 amide bonds. The fourth-order valence-corrected chi connectivity index (χ4v) is 8.19. The van der Waals surface area contributed by atoms with Gasteiger partial charge in [-0.05, 0) is 122 Å². The predicted octanol–water partition coefficient (Wildman–Crippen LogP) is 20.7. The van der Waals surface area contributed by atoms with Crippen molar-refractivity contribution in [1.82, 2.24) is 0 Å². The summed E-state index contributed by atoms with van der Waals surface area (Å²) in [6.45, 7) is 6.46. The van der Waals surface area contributed by atoms with E-state index in [0.717, 1.165) is 103 Å². The highest BCUT2D eigenvalue weighted by atomic mass is 16.6. The number of carbonyl (C=O) groups is 3. The molecular weight excluding hydrogens is 901 g/mol. The summed E-state index contributed by atoms with van der Waals surface area (Å²) in [7, 11) is 0. The first kappa shape index (κ1) is 69.1. The van der Waals surface area contributed by atoms with Crippen molar-refractivity contribution in [3.8, 4) is 0 Å². The highest BCUT2D eigenvalue weighted by Crippen LogP contribution is 2.15. The van der Waals surface area contributed by atoms with E-state index in [1.54, 1.807) is 0 Å². The van der Waals surface area contributed by atoms with Gasteiger partial charge in [0.25, 0.3) is 0 Å². The Labute approximate surface area is 450 Å². The second-order valence-electron chi connectivity index (χ2n) is 19.9. The van der Waals surface area contributed by atoms with Gasteiger partial charge < -0.3 is 14.2 Å². The highest BCUT2D eigenvalue weighted by Gasteiger charge is 2.19. The normalized spacial score (nSPS) is 12.9. The third-order valence-corrected chi connectivity index (χ3v) is 12.7. The van der Waals surface area contributed by atoms with Gasteiger partial charge in [-0.25, -0.2) is 0 Å². The molecule has 0 saturated carbocycles. The Morgan fingerprint density at radius 1 is 0.288 bits per heavy atom. The fraction of sp³-hybridized carbons (Fsp3) is 0.687. The number of allylic oxidation sites excluding steroid dienone is 18. The molecule has 0 saturated heterocycles.